The number of hydrazone groups is 1. The fourth-order valence-corrected chi connectivity index (χ4v) is 4.00. The van der Waals surface area contributed by atoms with E-state index in [-0.39, 0.29) is 5.91 Å². The SMILES string of the molecule is CCOc1c(Br)cc(/C=N\NC(=O)c2ccccc2-n2cccc2)cc1Br. The standard InChI is InChI=1S/C20H17Br2N3O2/c1-2-27-19-16(21)11-14(12-17(19)22)13-23-24-20(26)15-7-3-4-8-18(15)25-9-5-6-10-25/h3-13H,2H2,1H3,(H,24,26)/b23-13-. The van der Waals surface area contributed by atoms with Crippen LogP contribution in [0.5, 0.6) is 5.75 Å². The molecular weight excluding hydrogens is 474 g/mol. The van der Waals surface area contributed by atoms with Gasteiger partial charge in [-0.3, -0.25) is 4.79 Å². The number of hydrogen-bond acceptors (Lipinski definition) is 3. The number of nitrogens with one attached hydrogen (secondary N) is 1. The van der Waals surface area contributed by atoms with Gasteiger partial charge >= 0.3 is 0 Å². The average Bonchev–Trinajstić information content (AvgIpc) is 3.19. The summed E-state index contributed by atoms with van der Waals surface area (Å²) in [6.45, 7) is 2.50. The second kappa shape index (κ2) is 9.01. The third kappa shape index (κ3) is 4.67. The molecule has 1 heterocycles. The number of para-hydroxylation sites is 1. The molecular formula is C20H17Br2N3O2. The highest BCUT2D eigenvalue weighted by Gasteiger charge is 2.11. The van der Waals surface area contributed by atoms with Crippen molar-refractivity contribution in [1.29, 1.82) is 0 Å². The number of carbonyl (C=O) groups excluding carboxylic acids is 1. The fraction of sp³-hybridized carbons (Fsp3) is 0.100. The molecule has 0 saturated heterocycles. The first-order chi connectivity index (χ1) is 13.1. The first-order valence-electron chi connectivity index (χ1n) is 8.27. The molecule has 0 spiro atoms. The molecule has 0 saturated carbocycles. The lowest BCUT2D eigenvalue weighted by atomic mass is 10.1. The average molecular weight is 491 g/mol. The maximum Gasteiger partial charge on any atom is 0.273 e. The van der Waals surface area contributed by atoms with Gasteiger partial charge in [0, 0.05) is 12.4 Å². The lowest BCUT2D eigenvalue weighted by Gasteiger charge is -2.10. The van der Waals surface area contributed by atoms with Crippen molar-refractivity contribution in [3.05, 3.63) is 81.0 Å². The van der Waals surface area contributed by atoms with Crippen LogP contribution in [0.2, 0.25) is 0 Å². The van der Waals surface area contributed by atoms with E-state index in [1.165, 1.54) is 0 Å². The van der Waals surface area contributed by atoms with Gasteiger partial charge in [-0.25, -0.2) is 5.43 Å². The van der Waals surface area contributed by atoms with E-state index in [1.807, 2.05) is 66.3 Å². The Balaban J connectivity index is 1.75. The van der Waals surface area contributed by atoms with Gasteiger partial charge < -0.3 is 9.30 Å². The number of rotatable bonds is 6. The first-order valence-corrected chi connectivity index (χ1v) is 9.86. The first kappa shape index (κ1) is 19.4. The number of benzene rings is 2. The van der Waals surface area contributed by atoms with Crippen LogP contribution in [0.25, 0.3) is 5.69 Å². The number of halogens is 2. The van der Waals surface area contributed by atoms with Crippen LogP contribution in [0.1, 0.15) is 22.8 Å². The molecule has 0 aliphatic rings. The maximum atomic E-state index is 12.5. The fourth-order valence-electron chi connectivity index (χ4n) is 2.55. The smallest absolute Gasteiger partial charge is 0.273 e. The second-order valence-electron chi connectivity index (χ2n) is 5.55. The van der Waals surface area contributed by atoms with Crippen LogP contribution < -0.4 is 10.2 Å². The molecule has 2 aromatic carbocycles. The summed E-state index contributed by atoms with van der Waals surface area (Å²) >= 11 is 6.96. The third-order valence-corrected chi connectivity index (χ3v) is 4.90. The topological polar surface area (TPSA) is 55.6 Å². The molecule has 0 unspecified atom stereocenters. The quantitative estimate of drug-likeness (QED) is 0.383. The molecule has 27 heavy (non-hydrogen) atoms. The molecule has 0 atom stereocenters. The molecule has 3 aromatic rings. The van der Waals surface area contributed by atoms with Crippen molar-refractivity contribution in [1.82, 2.24) is 9.99 Å². The molecule has 0 radical (unpaired) electrons. The zero-order valence-corrected chi connectivity index (χ0v) is 17.7. The highest BCUT2D eigenvalue weighted by molar-refractivity contribution is 9.11. The number of nitrogens with zero attached hydrogens (tertiary/aromatic N) is 2. The number of aromatic nitrogens is 1. The largest absolute Gasteiger partial charge is 0.492 e. The van der Waals surface area contributed by atoms with Gasteiger partial charge in [-0.2, -0.15) is 5.10 Å². The molecule has 0 fully saturated rings. The molecule has 0 bridgehead atoms. The van der Waals surface area contributed by atoms with Crippen LogP contribution in [0, 0.1) is 0 Å². The Labute approximate surface area is 174 Å². The number of hydrogen-bond donors (Lipinski definition) is 1. The number of ether oxygens (including phenoxy) is 1. The zero-order valence-electron chi connectivity index (χ0n) is 14.5. The monoisotopic (exact) mass is 489 g/mol. The van der Waals surface area contributed by atoms with Crippen LogP contribution in [-0.2, 0) is 0 Å². The van der Waals surface area contributed by atoms with E-state index in [0.717, 1.165) is 25.9 Å². The third-order valence-electron chi connectivity index (χ3n) is 3.72. The van der Waals surface area contributed by atoms with Crippen LogP contribution in [-0.4, -0.2) is 23.3 Å². The van der Waals surface area contributed by atoms with Crippen LogP contribution in [0.3, 0.4) is 0 Å². The van der Waals surface area contributed by atoms with Gasteiger partial charge in [0.1, 0.15) is 5.75 Å². The van der Waals surface area contributed by atoms with Gasteiger partial charge in [0.2, 0.25) is 0 Å². The Morgan fingerprint density at radius 1 is 1.15 bits per heavy atom. The van der Waals surface area contributed by atoms with E-state index < -0.39 is 0 Å². The Hall–Kier alpha value is -2.38. The molecule has 1 aromatic heterocycles. The normalized spacial score (nSPS) is 10.9. The number of amides is 1. The van der Waals surface area contributed by atoms with Gasteiger partial charge in [-0.1, -0.05) is 12.1 Å². The van der Waals surface area contributed by atoms with Crippen molar-refractivity contribution < 1.29 is 9.53 Å². The molecule has 1 amide bonds. The predicted molar refractivity (Wildman–Crippen MR) is 114 cm³/mol. The Morgan fingerprint density at radius 2 is 1.81 bits per heavy atom. The lowest BCUT2D eigenvalue weighted by Crippen LogP contribution is -2.19. The summed E-state index contributed by atoms with van der Waals surface area (Å²) in [5.74, 6) is 0.457. The number of carbonyl (C=O) groups is 1. The van der Waals surface area contributed by atoms with Gasteiger partial charge in [0.05, 0.1) is 33.0 Å². The molecule has 7 heteroatoms. The minimum Gasteiger partial charge on any atom is -0.492 e. The van der Waals surface area contributed by atoms with Gasteiger partial charge in [-0.05, 0) is 80.7 Å². The van der Waals surface area contributed by atoms with Crippen molar-refractivity contribution in [3.63, 3.8) is 0 Å². The summed E-state index contributed by atoms with van der Waals surface area (Å²) < 4.78 is 9.07. The van der Waals surface area contributed by atoms with E-state index in [2.05, 4.69) is 42.4 Å². The summed E-state index contributed by atoms with van der Waals surface area (Å²) in [6.07, 6.45) is 5.37. The molecule has 0 aliphatic heterocycles. The van der Waals surface area contributed by atoms with E-state index in [9.17, 15) is 4.79 Å². The molecule has 5 nitrogen and oxygen atoms in total. The summed E-state index contributed by atoms with van der Waals surface area (Å²) in [7, 11) is 0. The lowest BCUT2D eigenvalue weighted by molar-refractivity contribution is 0.0955. The highest BCUT2D eigenvalue weighted by atomic mass is 79.9. The maximum absolute atomic E-state index is 12.5. The van der Waals surface area contributed by atoms with Gasteiger partial charge in [0.25, 0.3) is 5.91 Å². The predicted octanol–water partition coefficient (Wildman–Crippen LogP) is 5.16. The van der Waals surface area contributed by atoms with Crippen molar-refractivity contribution in [2.75, 3.05) is 6.61 Å². The zero-order chi connectivity index (χ0) is 19.2. The summed E-state index contributed by atoms with van der Waals surface area (Å²) in [5, 5.41) is 4.08. The van der Waals surface area contributed by atoms with Gasteiger partial charge in [-0.15, -0.1) is 0 Å². The van der Waals surface area contributed by atoms with Crippen molar-refractivity contribution >= 4 is 44.0 Å². The molecule has 3 rings (SSSR count). The Kier molecular flexibility index (Phi) is 6.47. The minimum absolute atomic E-state index is 0.278. The van der Waals surface area contributed by atoms with Crippen molar-refractivity contribution in [2.24, 2.45) is 5.10 Å². The Bertz CT molecular complexity index is 946. The highest BCUT2D eigenvalue weighted by Crippen LogP contribution is 2.34. The summed E-state index contributed by atoms with van der Waals surface area (Å²) in [6, 6.07) is 14.9. The second-order valence-corrected chi connectivity index (χ2v) is 7.26. The van der Waals surface area contributed by atoms with Gasteiger partial charge in [0.15, 0.2) is 0 Å². The molecule has 1 N–H and O–H groups in total. The molecule has 0 aliphatic carbocycles. The minimum atomic E-state index is -0.278. The van der Waals surface area contributed by atoms with Crippen LogP contribution in [0.15, 0.2) is 75.0 Å². The summed E-state index contributed by atoms with van der Waals surface area (Å²) in [4.78, 5) is 12.5. The van der Waals surface area contributed by atoms with Crippen LogP contribution in [0.4, 0.5) is 0 Å². The van der Waals surface area contributed by atoms with E-state index in [1.54, 1.807) is 12.3 Å². The van der Waals surface area contributed by atoms with E-state index in [4.69, 9.17) is 4.74 Å². The Morgan fingerprint density at radius 3 is 2.48 bits per heavy atom. The molecule has 138 valence electrons. The van der Waals surface area contributed by atoms with Crippen molar-refractivity contribution in [3.8, 4) is 11.4 Å². The summed E-state index contributed by atoms with van der Waals surface area (Å²) in [5.41, 5.74) is 4.73. The van der Waals surface area contributed by atoms with Crippen molar-refractivity contribution in [2.45, 2.75) is 6.92 Å². The van der Waals surface area contributed by atoms with Crippen LogP contribution >= 0.6 is 31.9 Å². The van der Waals surface area contributed by atoms with E-state index >= 15 is 0 Å². The van der Waals surface area contributed by atoms with E-state index in [0.29, 0.717) is 12.2 Å².